The molecule has 1 aliphatic heterocycles. The predicted octanol–water partition coefficient (Wildman–Crippen LogP) is 3.01. The highest BCUT2D eigenvalue weighted by Crippen LogP contribution is 2.24. The molecule has 20 heavy (non-hydrogen) atoms. The maximum absolute atomic E-state index is 6.11. The van der Waals surface area contributed by atoms with E-state index in [0.29, 0.717) is 18.6 Å². The van der Waals surface area contributed by atoms with Crippen molar-refractivity contribution in [3.63, 3.8) is 0 Å². The lowest BCUT2D eigenvalue weighted by atomic mass is 9.99. The third kappa shape index (κ3) is 3.74. The van der Waals surface area contributed by atoms with Crippen LogP contribution in [0.1, 0.15) is 30.0 Å². The summed E-state index contributed by atoms with van der Waals surface area (Å²) in [4.78, 5) is 0. The van der Waals surface area contributed by atoms with Crippen LogP contribution in [-0.2, 0) is 4.74 Å². The smallest absolute Gasteiger partial charge is 0.122 e. The fraction of sp³-hybridized carbons (Fsp3) is 0.647. The molecule has 3 nitrogen and oxygen atoms in total. The molecule has 0 saturated carbocycles. The van der Waals surface area contributed by atoms with Gasteiger partial charge >= 0.3 is 0 Å². The highest BCUT2D eigenvalue weighted by atomic mass is 16.5. The normalized spacial score (nSPS) is 20.1. The lowest BCUT2D eigenvalue weighted by Gasteiger charge is -2.24. The van der Waals surface area contributed by atoms with Crippen molar-refractivity contribution in [3.8, 4) is 5.75 Å². The van der Waals surface area contributed by atoms with Crippen molar-refractivity contribution in [2.75, 3.05) is 26.4 Å². The minimum absolute atomic E-state index is 0.378. The number of benzene rings is 1. The van der Waals surface area contributed by atoms with Crippen LogP contribution in [0, 0.1) is 26.7 Å². The van der Waals surface area contributed by atoms with E-state index >= 15 is 0 Å². The molecule has 1 heterocycles. The zero-order valence-corrected chi connectivity index (χ0v) is 13.2. The molecule has 0 amide bonds. The van der Waals surface area contributed by atoms with E-state index < -0.39 is 0 Å². The molecule has 0 spiro atoms. The average molecular weight is 277 g/mol. The third-order valence-electron chi connectivity index (χ3n) is 4.18. The van der Waals surface area contributed by atoms with Gasteiger partial charge in [-0.2, -0.15) is 0 Å². The Morgan fingerprint density at radius 1 is 1.35 bits per heavy atom. The second kappa shape index (κ2) is 7.09. The first-order valence-electron chi connectivity index (χ1n) is 7.63. The molecule has 1 fully saturated rings. The molecule has 1 aromatic carbocycles. The molecule has 0 aliphatic carbocycles. The Morgan fingerprint density at radius 3 is 2.80 bits per heavy atom. The number of ether oxygens (including phenoxy) is 2. The number of likely N-dealkylation sites (N-methyl/N-ethyl adjacent to an activating group) is 1. The highest BCUT2D eigenvalue weighted by molar-refractivity contribution is 5.41. The molecule has 1 saturated heterocycles. The van der Waals surface area contributed by atoms with E-state index in [1.165, 1.54) is 16.7 Å². The van der Waals surface area contributed by atoms with Crippen molar-refractivity contribution in [1.82, 2.24) is 5.32 Å². The SMILES string of the molecule is CCNC(COc1cc(C)cc(C)c1C)C1CCOC1. The fourth-order valence-corrected chi connectivity index (χ4v) is 2.82. The fourth-order valence-electron chi connectivity index (χ4n) is 2.82. The van der Waals surface area contributed by atoms with Crippen molar-refractivity contribution in [3.05, 3.63) is 28.8 Å². The Bertz CT molecular complexity index is 439. The summed E-state index contributed by atoms with van der Waals surface area (Å²) in [6.45, 7) is 12.0. The quantitative estimate of drug-likeness (QED) is 0.867. The summed E-state index contributed by atoms with van der Waals surface area (Å²) in [5.74, 6) is 1.59. The van der Waals surface area contributed by atoms with E-state index in [1.807, 2.05) is 0 Å². The van der Waals surface area contributed by atoms with Crippen LogP contribution < -0.4 is 10.1 Å². The predicted molar refractivity (Wildman–Crippen MR) is 82.5 cm³/mol. The minimum atomic E-state index is 0.378. The van der Waals surface area contributed by atoms with E-state index in [0.717, 1.165) is 31.9 Å². The summed E-state index contributed by atoms with van der Waals surface area (Å²) >= 11 is 0. The number of hydrogen-bond donors (Lipinski definition) is 1. The van der Waals surface area contributed by atoms with Gasteiger partial charge in [0.1, 0.15) is 12.4 Å². The van der Waals surface area contributed by atoms with E-state index in [1.54, 1.807) is 0 Å². The van der Waals surface area contributed by atoms with Gasteiger partial charge in [0, 0.05) is 18.6 Å². The monoisotopic (exact) mass is 277 g/mol. The van der Waals surface area contributed by atoms with Crippen LogP contribution in [0.2, 0.25) is 0 Å². The summed E-state index contributed by atoms with van der Waals surface area (Å²) in [6, 6.07) is 4.72. The zero-order valence-electron chi connectivity index (χ0n) is 13.2. The molecule has 0 radical (unpaired) electrons. The van der Waals surface area contributed by atoms with E-state index in [2.05, 4.69) is 45.1 Å². The number of rotatable bonds is 6. The molecule has 0 aromatic heterocycles. The molecule has 0 bridgehead atoms. The number of aryl methyl sites for hydroxylation is 2. The Hall–Kier alpha value is -1.06. The van der Waals surface area contributed by atoms with Gasteiger partial charge in [-0.3, -0.25) is 0 Å². The second-order valence-corrected chi connectivity index (χ2v) is 5.80. The lowest BCUT2D eigenvalue weighted by molar-refractivity contribution is 0.160. The van der Waals surface area contributed by atoms with Gasteiger partial charge in [-0.1, -0.05) is 13.0 Å². The van der Waals surface area contributed by atoms with E-state index in [4.69, 9.17) is 9.47 Å². The van der Waals surface area contributed by atoms with Crippen LogP contribution in [0.5, 0.6) is 5.75 Å². The molecule has 1 aliphatic rings. The van der Waals surface area contributed by atoms with Gasteiger partial charge in [0.25, 0.3) is 0 Å². The number of hydrogen-bond acceptors (Lipinski definition) is 3. The van der Waals surface area contributed by atoms with E-state index in [-0.39, 0.29) is 0 Å². The van der Waals surface area contributed by atoms with Crippen LogP contribution in [0.15, 0.2) is 12.1 Å². The summed E-state index contributed by atoms with van der Waals surface area (Å²) in [5, 5.41) is 3.54. The largest absolute Gasteiger partial charge is 0.492 e. The highest BCUT2D eigenvalue weighted by Gasteiger charge is 2.25. The first-order valence-corrected chi connectivity index (χ1v) is 7.63. The summed E-state index contributed by atoms with van der Waals surface area (Å²) < 4.78 is 11.6. The van der Waals surface area contributed by atoms with Crippen LogP contribution in [0.25, 0.3) is 0 Å². The standard InChI is InChI=1S/C17H27NO2/c1-5-18-16(15-6-7-19-10-15)11-20-17-9-12(2)8-13(3)14(17)4/h8-9,15-16,18H,5-7,10-11H2,1-4H3. The molecule has 3 heteroatoms. The maximum Gasteiger partial charge on any atom is 0.122 e. The Morgan fingerprint density at radius 2 is 2.15 bits per heavy atom. The van der Waals surface area contributed by atoms with Gasteiger partial charge in [0.2, 0.25) is 0 Å². The van der Waals surface area contributed by atoms with Crippen LogP contribution >= 0.6 is 0 Å². The third-order valence-corrected chi connectivity index (χ3v) is 4.18. The van der Waals surface area contributed by atoms with Crippen molar-refractivity contribution >= 4 is 0 Å². The first kappa shape index (κ1) is 15.3. The topological polar surface area (TPSA) is 30.5 Å². The minimum Gasteiger partial charge on any atom is -0.492 e. The van der Waals surface area contributed by atoms with Crippen molar-refractivity contribution < 1.29 is 9.47 Å². The molecule has 2 rings (SSSR count). The Balaban J connectivity index is 2.01. The lowest BCUT2D eigenvalue weighted by Crippen LogP contribution is -2.41. The number of nitrogens with one attached hydrogen (secondary N) is 1. The molecule has 2 unspecified atom stereocenters. The van der Waals surface area contributed by atoms with Gasteiger partial charge in [-0.15, -0.1) is 0 Å². The molecule has 112 valence electrons. The van der Waals surface area contributed by atoms with Crippen molar-refractivity contribution in [2.24, 2.45) is 5.92 Å². The average Bonchev–Trinajstić information content (AvgIpc) is 2.93. The Labute approximate surface area is 122 Å². The van der Waals surface area contributed by atoms with Gasteiger partial charge in [-0.25, -0.2) is 0 Å². The van der Waals surface area contributed by atoms with Gasteiger partial charge in [-0.05, 0) is 56.5 Å². The molecule has 1 N–H and O–H groups in total. The van der Waals surface area contributed by atoms with Crippen LogP contribution in [0.4, 0.5) is 0 Å². The molecule has 2 atom stereocenters. The van der Waals surface area contributed by atoms with Gasteiger partial charge in [0.05, 0.1) is 6.61 Å². The zero-order chi connectivity index (χ0) is 14.5. The van der Waals surface area contributed by atoms with E-state index in [9.17, 15) is 0 Å². The molecular weight excluding hydrogens is 250 g/mol. The Kier molecular flexibility index (Phi) is 5.44. The van der Waals surface area contributed by atoms with Crippen LogP contribution in [0.3, 0.4) is 0 Å². The van der Waals surface area contributed by atoms with Gasteiger partial charge in [0.15, 0.2) is 0 Å². The summed E-state index contributed by atoms with van der Waals surface area (Å²) in [5.41, 5.74) is 3.80. The van der Waals surface area contributed by atoms with Crippen molar-refractivity contribution in [1.29, 1.82) is 0 Å². The summed E-state index contributed by atoms with van der Waals surface area (Å²) in [7, 11) is 0. The molecular formula is C17H27NO2. The first-order chi connectivity index (χ1) is 9.61. The maximum atomic E-state index is 6.11. The van der Waals surface area contributed by atoms with Crippen molar-refractivity contribution in [2.45, 2.75) is 40.2 Å². The van der Waals surface area contributed by atoms with Gasteiger partial charge < -0.3 is 14.8 Å². The van der Waals surface area contributed by atoms with Crippen LogP contribution in [-0.4, -0.2) is 32.4 Å². The second-order valence-electron chi connectivity index (χ2n) is 5.80. The molecule has 1 aromatic rings. The summed E-state index contributed by atoms with van der Waals surface area (Å²) in [6.07, 6.45) is 1.13.